The minimum absolute atomic E-state index is 0.0800. The Bertz CT molecular complexity index is 505. The number of hydrogen-bond donors (Lipinski definition) is 4. The molecule has 1 aromatic rings. The van der Waals surface area contributed by atoms with Crippen LogP contribution in [0.25, 0.3) is 0 Å². The quantitative estimate of drug-likeness (QED) is 0.279. The largest absolute Gasteiger partial charge is 0.369 e. The predicted molar refractivity (Wildman–Crippen MR) is 64.8 cm³/mol. The molecule has 0 saturated carbocycles. The van der Waals surface area contributed by atoms with Gasteiger partial charge >= 0.3 is 0 Å². The van der Waals surface area contributed by atoms with Crippen molar-refractivity contribution in [3.05, 3.63) is 17.5 Å². The van der Waals surface area contributed by atoms with E-state index < -0.39 is 0 Å². The number of aromatic nitrogens is 2. The fraction of sp³-hybridized carbons (Fsp3) is 0.333. The highest BCUT2D eigenvalue weighted by atomic mass is 15.3. The number of fused-ring (bicyclic) bond motifs is 1. The third-order valence-corrected chi connectivity index (χ3v) is 2.52. The van der Waals surface area contributed by atoms with Gasteiger partial charge < -0.3 is 17.2 Å². The van der Waals surface area contributed by atoms with Gasteiger partial charge in [-0.25, -0.2) is 4.68 Å². The molecule has 0 saturated heterocycles. The van der Waals surface area contributed by atoms with E-state index in [2.05, 4.69) is 15.3 Å². The van der Waals surface area contributed by atoms with Crippen molar-refractivity contribution in [3.8, 4) is 0 Å². The topological polar surface area (TPSA) is 144 Å². The Morgan fingerprint density at radius 2 is 2.12 bits per heavy atom. The van der Waals surface area contributed by atoms with Crippen LogP contribution in [0, 0.1) is 5.41 Å². The Morgan fingerprint density at radius 3 is 2.76 bits per heavy atom. The van der Waals surface area contributed by atoms with Crippen LogP contribution in [0.4, 0.5) is 0 Å². The molecular weight excluding hydrogens is 220 g/mol. The van der Waals surface area contributed by atoms with Crippen molar-refractivity contribution in [2.24, 2.45) is 27.4 Å². The van der Waals surface area contributed by atoms with Gasteiger partial charge in [-0.3, -0.25) is 5.41 Å². The number of nitrogens with two attached hydrogens (primary N) is 3. The second kappa shape index (κ2) is 4.24. The Kier molecular flexibility index (Phi) is 2.77. The molecule has 1 aliphatic carbocycles. The first-order chi connectivity index (χ1) is 8.09. The molecular formula is C9H14N8. The smallest absolute Gasteiger partial charge is 0.213 e. The zero-order valence-corrected chi connectivity index (χ0v) is 9.22. The SMILES string of the molecule is N=C(N)n1ncc2c1CCC/C2=N/N=C(N)N. The maximum absolute atomic E-state index is 7.40. The summed E-state index contributed by atoms with van der Waals surface area (Å²) in [6.45, 7) is 0. The van der Waals surface area contributed by atoms with Gasteiger partial charge in [-0.05, 0) is 19.3 Å². The number of hydrogen-bond acceptors (Lipinski definition) is 4. The van der Waals surface area contributed by atoms with Gasteiger partial charge in [-0.2, -0.15) is 10.2 Å². The maximum atomic E-state index is 7.40. The van der Waals surface area contributed by atoms with Gasteiger partial charge in [0.1, 0.15) is 0 Å². The highest BCUT2D eigenvalue weighted by Crippen LogP contribution is 2.21. The van der Waals surface area contributed by atoms with E-state index in [9.17, 15) is 0 Å². The van der Waals surface area contributed by atoms with E-state index in [-0.39, 0.29) is 11.9 Å². The average Bonchev–Trinajstić information content (AvgIpc) is 2.70. The summed E-state index contributed by atoms with van der Waals surface area (Å²) in [7, 11) is 0. The summed E-state index contributed by atoms with van der Waals surface area (Å²) in [5, 5.41) is 19.1. The van der Waals surface area contributed by atoms with Crippen LogP contribution in [-0.4, -0.2) is 27.4 Å². The molecule has 0 aromatic carbocycles. The van der Waals surface area contributed by atoms with Gasteiger partial charge in [0, 0.05) is 5.56 Å². The van der Waals surface area contributed by atoms with Crippen molar-refractivity contribution in [2.75, 3.05) is 0 Å². The molecule has 0 fully saturated rings. The molecule has 1 aliphatic rings. The van der Waals surface area contributed by atoms with Crippen molar-refractivity contribution in [3.63, 3.8) is 0 Å². The van der Waals surface area contributed by atoms with Crippen LogP contribution in [0.5, 0.6) is 0 Å². The molecule has 0 aliphatic heterocycles. The van der Waals surface area contributed by atoms with Crippen molar-refractivity contribution in [2.45, 2.75) is 19.3 Å². The second-order valence-corrected chi connectivity index (χ2v) is 3.73. The first-order valence-electron chi connectivity index (χ1n) is 5.16. The van der Waals surface area contributed by atoms with E-state index in [1.54, 1.807) is 6.20 Å². The lowest BCUT2D eigenvalue weighted by molar-refractivity contribution is 0.759. The number of nitrogens with one attached hydrogen (secondary N) is 1. The summed E-state index contributed by atoms with van der Waals surface area (Å²) in [6, 6.07) is 0. The fourth-order valence-corrected chi connectivity index (χ4v) is 1.84. The van der Waals surface area contributed by atoms with E-state index in [1.807, 2.05) is 0 Å². The van der Waals surface area contributed by atoms with Crippen molar-refractivity contribution in [1.29, 1.82) is 5.41 Å². The van der Waals surface area contributed by atoms with E-state index in [1.165, 1.54) is 4.68 Å². The van der Waals surface area contributed by atoms with Crippen LogP contribution in [0.1, 0.15) is 24.1 Å². The van der Waals surface area contributed by atoms with Crippen LogP contribution in [0.3, 0.4) is 0 Å². The number of guanidine groups is 1. The number of nitrogens with zero attached hydrogens (tertiary/aromatic N) is 4. The second-order valence-electron chi connectivity index (χ2n) is 3.73. The van der Waals surface area contributed by atoms with Gasteiger partial charge in [-0.1, -0.05) is 0 Å². The lowest BCUT2D eigenvalue weighted by Gasteiger charge is -2.14. The van der Waals surface area contributed by atoms with E-state index in [4.69, 9.17) is 22.6 Å². The Hall–Kier alpha value is -2.38. The molecule has 1 heterocycles. The lowest BCUT2D eigenvalue weighted by Crippen LogP contribution is -2.26. The third kappa shape index (κ3) is 2.10. The zero-order valence-electron chi connectivity index (χ0n) is 9.22. The van der Waals surface area contributed by atoms with Gasteiger partial charge in [0.2, 0.25) is 11.9 Å². The van der Waals surface area contributed by atoms with Crippen LogP contribution in [-0.2, 0) is 6.42 Å². The molecule has 7 N–H and O–H groups in total. The molecule has 1 aromatic heterocycles. The van der Waals surface area contributed by atoms with E-state index >= 15 is 0 Å². The summed E-state index contributed by atoms with van der Waals surface area (Å²) in [5.74, 6) is -0.182. The molecule has 0 spiro atoms. The molecule has 90 valence electrons. The molecule has 8 nitrogen and oxygen atoms in total. The first kappa shape index (κ1) is 11.1. The van der Waals surface area contributed by atoms with Crippen molar-refractivity contribution in [1.82, 2.24) is 9.78 Å². The van der Waals surface area contributed by atoms with E-state index in [0.29, 0.717) is 0 Å². The van der Waals surface area contributed by atoms with Crippen molar-refractivity contribution >= 4 is 17.6 Å². The summed E-state index contributed by atoms with van der Waals surface area (Å²) in [4.78, 5) is 0. The van der Waals surface area contributed by atoms with Crippen LogP contribution < -0.4 is 17.2 Å². The predicted octanol–water partition coefficient (Wildman–Crippen LogP) is -1.06. The zero-order chi connectivity index (χ0) is 12.4. The Balaban J connectivity index is 2.43. The standard InChI is InChI=1S/C9H14N8/c10-8(11)16-15-6-2-1-3-7-5(6)4-14-17(7)9(12)13/h4H,1-3H2,(H3,12,13)(H4,10,11,16)/b15-6-. The van der Waals surface area contributed by atoms with Gasteiger partial charge in [0.25, 0.3) is 0 Å². The summed E-state index contributed by atoms with van der Waals surface area (Å²) < 4.78 is 1.40. The molecule has 0 unspecified atom stereocenters. The monoisotopic (exact) mass is 234 g/mol. The van der Waals surface area contributed by atoms with Crippen LogP contribution in [0.2, 0.25) is 0 Å². The third-order valence-electron chi connectivity index (χ3n) is 2.52. The minimum Gasteiger partial charge on any atom is -0.369 e. The summed E-state index contributed by atoms with van der Waals surface area (Å²) in [6.07, 6.45) is 4.14. The highest BCUT2D eigenvalue weighted by molar-refractivity contribution is 6.03. The van der Waals surface area contributed by atoms with Crippen LogP contribution >= 0.6 is 0 Å². The molecule has 0 radical (unpaired) electrons. The fourth-order valence-electron chi connectivity index (χ4n) is 1.84. The molecule has 8 heteroatoms. The molecule has 0 bridgehead atoms. The molecule has 0 amide bonds. The maximum Gasteiger partial charge on any atom is 0.213 e. The van der Waals surface area contributed by atoms with E-state index in [0.717, 1.165) is 36.2 Å². The van der Waals surface area contributed by atoms with Gasteiger partial charge in [0.15, 0.2) is 0 Å². The van der Waals surface area contributed by atoms with Crippen LogP contribution in [0.15, 0.2) is 16.4 Å². The lowest BCUT2D eigenvalue weighted by atomic mass is 9.96. The number of rotatable bonds is 1. The number of nitrogen functional groups attached to an aromatic ring is 1. The summed E-state index contributed by atoms with van der Waals surface area (Å²) in [5.41, 5.74) is 18.4. The van der Waals surface area contributed by atoms with Crippen molar-refractivity contribution < 1.29 is 0 Å². The minimum atomic E-state index is -0.102. The van der Waals surface area contributed by atoms with Gasteiger partial charge in [-0.15, -0.1) is 5.10 Å². The summed E-state index contributed by atoms with van der Waals surface area (Å²) >= 11 is 0. The molecule has 0 atom stereocenters. The first-order valence-corrected chi connectivity index (χ1v) is 5.16. The highest BCUT2D eigenvalue weighted by Gasteiger charge is 2.21. The Morgan fingerprint density at radius 1 is 1.35 bits per heavy atom. The average molecular weight is 234 g/mol. The Labute approximate surface area is 97.7 Å². The normalized spacial score (nSPS) is 16.6. The van der Waals surface area contributed by atoms with Gasteiger partial charge in [0.05, 0.1) is 17.6 Å². The molecule has 2 rings (SSSR count). The molecule has 17 heavy (non-hydrogen) atoms.